The lowest BCUT2D eigenvalue weighted by Gasteiger charge is -2.12. The average Bonchev–Trinajstić information content (AvgIpc) is 3.13. The number of aromatic nitrogens is 3. The van der Waals surface area contributed by atoms with E-state index in [1.54, 1.807) is 0 Å². The van der Waals surface area contributed by atoms with Crippen LogP contribution in [-0.2, 0) is 4.79 Å². The van der Waals surface area contributed by atoms with Crippen molar-refractivity contribution in [3.63, 3.8) is 0 Å². The number of rotatable bonds is 6. The molecule has 0 saturated heterocycles. The molecule has 1 aliphatic rings. The molecule has 1 atom stereocenters. The van der Waals surface area contributed by atoms with Gasteiger partial charge in [0, 0.05) is 18.0 Å². The Morgan fingerprint density at radius 3 is 3.11 bits per heavy atom. The van der Waals surface area contributed by atoms with Crippen LogP contribution in [0.15, 0.2) is 29.6 Å². The molecule has 0 aliphatic heterocycles. The van der Waals surface area contributed by atoms with Crippen LogP contribution in [0.4, 0.5) is 0 Å². The number of aliphatic carboxylic acids is 1. The second kappa shape index (κ2) is 5.18. The summed E-state index contributed by atoms with van der Waals surface area (Å²) in [6, 6.07) is 5.50. The first-order valence-electron chi connectivity index (χ1n) is 6.15. The molecule has 0 bridgehead atoms. The Labute approximate surface area is 114 Å². The van der Waals surface area contributed by atoms with Crippen LogP contribution in [0, 0.1) is 0 Å². The number of hydrogen-bond acceptors (Lipinski definition) is 5. The molecule has 6 nitrogen and oxygen atoms in total. The molecule has 2 heterocycles. The van der Waals surface area contributed by atoms with E-state index in [9.17, 15) is 9.90 Å². The molecule has 0 amide bonds. The Hall–Kier alpha value is -1.60. The van der Waals surface area contributed by atoms with Crippen molar-refractivity contribution in [3.05, 3.63) is 24.4 Å². The number of carboxylic acid groups (broad SMARTS) is 1. The molecular formula is C12H14N4O2S. The summed E-state index contributed by atoms with van der Waals surface area (Å²) in [4.78, 5) is 11.2. The van der Waals surface area contributed by atoms with Gasteiger partial charge in [0.25, 0.3) is 0 Å². The molecule has 19 heavy (non-hydrogen) atoms. The van der Waals surface area contributed by atoms with E-state index in [-0.39, 0.29) is 0 Å². The largest absolute Gasteiger partial charge is 0.480 e. The number of carbonyl (C=O) groups is 1. The van der Waals surface area contributed by atoms with Crippen LogP contribution in [0.3, 0.4) is 0 Å². The van der Waals surface area contributed by atoms with Gasteiger partial charge in [0.05, 0.1) is 0 Å². The lowest BCUT2D eigenvalue weighted by atomic mass is 10.3. The zero-order valence-electron chi connectivity index (χ0n) is 10.2. The standard InChI is InChI=1S/C12H14N4O2S/c17-11(18)9(13-8-4-5-8)7-19-12-15-14-10-3-1-2-6-16(10)12/h1-3,6,8-9,13H,4-5,7H2,(H,17,18). The van der Waals surface area contributed by atoms with Crippen molar-refractivity contribution in [2.24, 2.45) is 0 Å². The van der Waals surface area contributed by atoms with Gasteiger partial charge in [0.1, 0.15) is 6.04 Å². The van der Waals surface area contributed by atoms with Crippen molar-refractivity contribution < 1.29 is 9.90 Å². The molecule has 2 aromatic rings. The quantitative estimate of drug-likeness (QED) is 0.768. The third-order valence-electron chi connectivity index (χ3n) is 2.97. The van der Waals surface area contributed by atoms with Gasteiger partial charge in [-0.1, -0.05) is 17.8 Å². The van der Waals surface area contributed by atoms with Crippen LogP contribution < -0.4 is 5.32 Å². The lowest BCUT2D eigenvalue weighted by Crippen LogP contribution is -2.40. The summed E-state index contributed by atoms with van der Waals surface area (Å²) < 4.78 is 1.86. The van der Waals surface area contributed by atoms with E-state index in [1.165, 1.54) is 11.8 Å². The number of fused-ring (bicyclic) bond motifs is 1. The topological polar surface area (TPSA) is 79.5 Å². The summed E-state index contributed by atoms with van der Waals surface area (Å²) in [5.41, 5.74) is 0.770. The first kappa shape index (κ1) is 12.4. The number of nitrogens with zero attached hydrogens (tertiary/aromatic N) is 3. The van der Waals surface area contributed by atoms with Gasteiger partial charge in [-0.05, 0) is 25.0 Å². The van der Waals surface area contributed by atoms with Crippen LogP contribution in [0.5, 0.6) is 0 Å². The lowest BCUT2D eigenvalue weighted by molar-refractivity contribution is -0.138. The summed E-state index contributed by atoms with van der Waals surface area (Å²) in [5.74, 6) is -0.366. The normalized spacial score (nSPS) is 16.6. The van der Waals surface area contributed by atoms with E-state index in [0.717, 1.165) is 23.6 Å². The fraction of sp³-hybridized carbons (Fsp3) is 0.417. The molecule has 100 valence electrons. The molecule has 1 fully saturated rings. The zero-order valence-corrected chi connectivity index (χ0v) is 11.0. The number of thioether (sulfide) groups is 1. The summed E-state index contributed by atoms with van der Waals surface area (Å²) in [6.07, 6.45) is 4.02. The highest BCUT2D eigenvalue weighted by atomic mass is 32.2. The maximum absolute atomic E-state index is 11.2. The molecule has 0 aromatic carbocycles. The van der Waals surface area contributed by atoms with Crippen LogP contribution in [-0.4, -0.2) is 43.5 Å². The van der Waals surface area contributed by atoms with Gasteiger partial charge < -0.3 is 10.4 Å². The summed E-state index contributed by atoms with van der Waals surface area (Å²) in [6.45, 7) is 0. The first-order valence-corrected chi connectivity index (χ1v) is 7.14. The van der Waals surface area contributed by atoms with E-state index in [1.807, 2.05) is 28.8 Å². The molecule has 1 saturated carbocycles. The summed E-state index contributed by atoms with van der Waals surface area (Å²) in [5, 5.41) is 21.1. The van der Waals surface area contributed by atoms with E-state index in [0.29, 0.717) is 11.8 Å². The van der Waals surface area contributed by atoms with Crippen molar-refractivity contribution in [3.8, 4) is 0 Å². The Balaban J connectivity index is 1.68. The maximum atomic E-state index is 11.2. The third kappa shape index (κ3) is 2.87. The minimum absolute atomic E-state index is 0.372. The SMILES string of the molecule is O=C(O)C(CSc1nnc2ccccn12)NC1CC1. The predicted molar refractivity (Wildman–Crippen MR) is 71.3 cm³/mol. The summed E-state index contributed by atoms with van der Waals surface area (Å²) in [7, 11) is 0. The zero-order chi connectivity index (χ0) is 13.2. The molecule has 7 heteroatoms. The van der Waals surface area contributed by atoms with E-state index in [2.05, 4.69) is 15.5 Å². The average molecular weight is 278 g/mol. The van der Waals surface area contributed by atoms with Gasteiger partial charge in [-0.3, -0.25) is 9.20 Å². The van der Waals surface area contributed by atoms with E-state index >= 15 is 0 Å². The number of nitrogens with one attached hydrogen (secondary N) is 1. The molecule has 1 aliphatic carbocycles. The van der Waals surface area contributed by atoms with Crippen molar-refractivity contribution in [1.29, 1.82) is 0 Å². The van der Waals surface area contributed by atoms with E-state index < -0.39 is 12.0 Å². The number of pyridine rings is 1. The molecule has 2 aromatic heterocycles. The molecular weight excluding hydrogens is 264 g/mol. The number of hydrogen-bond donors (Lipinski definition) is 2. The third-order valence-corrected chi connectivity index (χ3v) is 4.01. The van der Waals surface area contributed by atoms with Gasteiger partial charge >= 0.3 is 5.97 Å². The van der Waals surface area contributed by atoms with E-state index in [4.69, 9.17) is 0 Å². The second-order valence-corrected chi connectivity index (χ2v) is 5.54. The first-order chi connectivity index (χ1) is 9.24. The molecule has 0 radical (unpaired) electrons. The highest BCUT2D eigenvalue weighted by molar-refractivity contribution is 7.99. The van der Waals surface area contributed by atoms with Gasteiger partial charge in [0.2, 0.25) is 0 Å². The van der Waals surface area contributed by atoms with Crippen molar-refractivity contribution in [2.75, 3.05) is 5.75 Å². The van der Waals surface area contributed by atoms with Gasteiger partial charge in [-0.25, -0.2) is 0 Å². The van der Waals surface area contributed by atoms with Crippen LogP contribution in [0.1, 0.15) is 12.8 Å². The Bertz CT molecular complexity index is 596. The minimum Gasteiger partial charge on any atom is -0.480 e. The monoisotopic (exact) mass is 278 g/mol. The predicted octanol–water partition coefficient (Wildman–Crippen LogP) is 1.03. The van der Waals surface area contributed by atoms with Crippen molar-refractivity contribution in [2.45, 2.75) is 30.1 Å². The highest BCUT2D eigenvalue weighted by Crippen LogP contribution is 2.22. The minimum atomic E-state index is -0.812. The van der Waals surface area contributed by atoms with Crippen molar-refractivity contribution in [1.82, 2.24) is 19.9 Å². The van der Waals surface area contributed by atoms with Gasteiger partial charge in [-0.2, -0.15) is 0 Å². The van der Waals surface area contributed by atoms with Crippen LogP contribution >= 0.6 is 11.8 Å². The van der Waals surface area contributed by atoms with Crippen LogP contribution in [0.2, 0.25) is 0 Å². The Morgan fingerprint density at radius 1 is 1.53 bits per heavy atom. The van der Waals surface area contributed by atoms with Crippen molar-refractivity contribution >= 4 is 23.4 Å². The second-order valence-electron chi connectivity index (χ2n) is 4.55. The molecule has 0 spiro atoms. The van der Waals surface area contributed by atoms with Crippen LogP contribution in [0.25, 0.3) is 5.65 Å². The van der Waals surface area contributed by atoms with Gasteiger partial charge in [0.15, 0.2) is 10.8 Å². The number of carboxylic acids is 1. The Kier molecular flexibility index (Phi) is 3.39. The maximum Gasteiger partial charge on any atom is 0.321 e. The van der Waals surface area contributed by atoms with Gasteiger partial charge in [-0.15, -0.1) is 10.2 Å². The summed E-state index contributed by atoms with van der Waals surface area (Å²) >= 11 is 1.41. The fourth-order valence-electron chi connectivity index (χ4n) is 1.80. The molecule has 1 unspecified atom stereocenters. The molecule has 2 N–H and O–H groups in total. The smallest absolute Gasteiger partial charge is 0.321 e. The molecule has 3 rings (SSSR count). The fourth-order valence-corrected chi connectivity index (χ4v) is 2.75. The highest BCUT2D eigenvalue weighted by Gasteiger charge is 2.28. The Morgan fingerprint density at radius 2 is 2.37 bits per heavy atom.